The second kappa shape index (κ2) is 11.8. The molecular formula is C41H46N4Pt. The SMILES string of the molecule is Cc1cc(C2=N[C@](C)(C(C)(C)C)C(C)(C)N2C2CCCCC2)[c-]c(-n2c3[c-]c(-c4cc(C)ccn4)ccc3c3ccccc32)c1.[Pt+2]. The first-order chi connectivity index (χ1) is 21.4. The molecule has 0 unspecified atom stereocenters. The van der Waals surface area contributed by atoms with Gasteiger partial charge in [-0.1, -0.05) is 82.2 Å². The largest absolute Gasteiger partial charge is 2.00 e. The van der Waals surface area contributed by atoms with Gasteiger partial charge in [0.1, 0.15) is 0 Å². The molecule has 2 aliphatic rings. The van der Waals surface area contributed by atoms with Crippen molar-refractivity contribution in [2.75, 3.05) is 0 Å². The Morgan fingerprint density at radius 2 is 1.54 bits per heavy atom. The normalized spacial score (nSPS) is 20.3. The first-order valence-corrected chi connectivity index (χ1v) is 16.7. The van der Waals surface area contributed by atoms with Crippen LogP contribution in [0.1, 0.15) is 90.3 Å². The number of hydrogen-bond acceptors (Lipinski definition) is 3. The summed E-state index contributed by atoms with van der Waals surface area (Å²) < 4.78 is 2.34. The molecule has 1 saturated carbocycles. The van der Waals surface area contributed by atoms with Gasteiger partial charge in [0, 0.05) is 23.6 Å². The maximum absolute atomic E-state index is 5.71. The van der Waals surface area contributed by atoms with Crippen LogP contribution in [0.4, 0.5) is 0 Å². The van der Waals surface area contributed by atoms with Gasteiger partial charge < -0.3 is 19.4 Å². The van der Waals surface area contributed by atoms with Gasteiger partial charge in [-0.05, 0) is 80.4 Å². The molecule has 0 saturated heterocycles. The van der Waals surface area contributed by atoms with E-state index in [2.05, 4.69) is 137 Å². The zero-order valence-corrected chi connectivity index (χ0v) is 30.8. The first kappa shape index (κ1) is 32.7. The number of pyridine rings is 1. The average Bonchev–Trinajstić information content (AvgIpc) is 3.45. The van der Waals surface area contributed by atoms with Gasteiger partial charge in [-0.25, -0.2) is 0 Å². The van der Waals surface area contributed by atoms with Crippen molar-refractivity contribution in [1.29, 1.82) is 0 Å². The number of benzene rings is 3. The summed E-state index contributed by atoms with van der Waals surface area (Å²) in [7, 11) is 0. The van der Waals surface area contributed by atoms with Gasteiger partial charge in [-0.3, -0.25) is 0 Å². The minimum atomic E-state index is -0.263. The minimum absolute atomic E-state index is 0. The molecule has 0 amide bonds. The Labute approximate surface area is 289 Å². The third kappa shape index (κ3) is 5.16. The maximum atomic E-state index is 5.71. The Balaban J connectivity index is 0.00000372. The smallest absolute Gasteiger partial charge is 0.386 e. The van der Waals surface area contributed by atoms with E-state index in [-0.39, 0.29) is 37.6 Å². The number of aryl methyl sites for hydroxylation is 2. The summed E-state index contributed by atoms with van der Waals surface area (Å²) in [4.78, 5) is 13.1. The molecule has 0 radical (unpaired) electrons. The second-order valence-corrected chi connectivity index (χ2v) is 15.1. The van der Waals surface area contributed by atoms with Crippen LogP contribution in [-0.4, -0.2) is 37.4 Å². The van der Waals surface area contributed by atoms with Crippen LogP contribution in [0, 0.1) is 31.4 Å². The molecule has 7 rings (SSSR count). The van der Waals surface area contributed by atoms with Crippen molar-refractivity contribution in [3.8, 4) is 16.9 Å². The predicted molar refractivity (Wildman–Crippen MR) is 188 cm³/mol. The fourth-order valence-electron chi connectivity index (χ4n) is 8.06. The minimum Gasteiger partial charge on any atom is -0.386 e. The zero-order valence-electron chi connectivity index (χ0n) is 28.6. The van der Waals surface area contributed by atoms with E-state index in [9.17, 15) is 0 Å². The zero-order chi connectivity index (χ0) is 31.7. The van der Waals surface area contributed by atoms with E-state index >= 15 is 0 Å². The summed E-state index contributed by atoms with van der Waals surface area (Å²) in [5.41, 5.74) is 8.21. The van der Waals surface area contributed by atoms with E-state index < -0.39 is 0 Å². The summed E-state index contributed by atoms with van der Waals surface area (Å²) >= 11 is 0. The molecule has 1 aliphatic carbocycles. The van der Waals surface area contributed by atoms with Crippen LogP contribution in [0.3, 0.4) is 0 Å². The molecule has 1 aliphatic heterocycles. The third-order valence-electron chi connectivity index (χ3n) is 11.0. The summed E-state index contributed by atoms with van der Waals surface area (Å²) in [5.74, 6) is 1.10. The number of aromatic nitrogens is 2. The van der Waals surface area contributed by atoms with E-state index in [1.165, 1.54) is 54.0 Å². The van der Waals surface area contributed by atoms with Gasteiger partial charge in [0.25, 0.3) is 0 Å². The number of nitrogens with zero attached hydrogens (tertiary/aromatic N) is 4. The van der Waals surface area contributed by atoms with E-state index in [1.807, 2.05) is 12.3 Å². The number of amidine groups is 1. The Morgan fingerprint density at radius 1 is 0.804 bits per heavy atom. The van der Waals surface area contributed by atoms with E-state index in [0.717, 1.165) is 39.4 Å². The molecule has 0 N–H and O–H groups in total. The molecule has 240 valence electrons. The van der Waals surface area contributed by atoms with Crippen LogP contribution < -0.4 is 0 Å². The molecule has 3 aromatic carbocycles. The van der Waals surface area contributed by atoms with Gasteiger partial charge in [0.05, 0.1) is 11.1 Å². The van der Waals surface area contributed by atoms with Crippen molar-refractivity contribution in [3.63, 3.8) is 0 Å². The molecule has 2 aromatic heterocycles. The number of hydrogen-bond donors (Lipinski definition) is 0. The van der Waals surface area contributed by atoms with Crippen molar-refractivity contribution in [3.05, 3.63) is 95.7 Å². The van der Waals surface area contributed by atoms with Gasteiger partial charge in [-0.15, -0.1) is 53.1 Å². The standard InChI is InChI=1S/C41H46N4.Pt/c1-27-20-21-42-35(24-27)29-18-19-34-33-16-12-13-17-36(33)44(37(34)26-29)32-23-28(2)22-30(25-32)38-43-41(8,39(3,4)5)40(6,7)45(38)31-14-10-9-11-15-31;/h12-13,16-24,31H,9-11,14-15H2,1-8H3;/q-2;+2/t41-;/m1./s1. The summed E-state index contributed by atoms with van der Waals surface area (Å²) in [5, 5.41) is 2.40. The van der Waals surface area contributed by atoms with Crippen molar-refractivity contribution in [2.45, 2.75) is 105 Å². The summed E-state index contributed by atoms with van der Waals surface area (Å²) in [6.07, 6.45) is 8.23. The van der Waals surface area contributed by atoms with Crippen molar-refractivity contribution < 1.29 is 21.1 Å². The number of para-hydroxylation sites is 1. The molecule has 0 spiro atoms. The molecule has 46 heavy (non-hydrogen) atoms. The van der Waals surface area contributed by atoms with Crippen LogP contribution in [0.2, 0.25) is 0 Å². The molecular weight excluding hydrogens is 744 g/mol. The van der Waals surface area contributed by atoms with E-state index in [1.54, 1.807) is 0 Å². The van der Waals surface area contributed by atoms with Crippen molar-refractivity contribution >= 4 is 27.6 Å². The van der Waals surface area contributed by atoms with E-state index in [4.69, 9.17) is 4.99 Å². The second-order valence-electron chi connectivity index (χ2n) is 15.1. The van der Waals surface area contributed by atoms with Crippen molar-refractivity contribution in [1.82, 2.24) is 14.5 Å². The summed E-state index contributed by atoms with van der Waals surface area (Å²) in [6, 6.07) is 30.0. The molecule has 0 bridgehead atoms. The van der Waals surface area contributed by atoms with Gasteiger partial charge in [0.15, 0.2) is 0 Å². The van der Waals surface area contributed by atoms with Crippen molar-refractivity contribution in [2.24, 2.45) is 10.4 Å². The van der Waals surface area contributed by atoms with E-state index in [0.29, 0.717) is 6.04 Å². The van der Waals surface area contributed by atoms with Gasteiger partial charge >= 0.3 is 21.1 Å². The van der Waals surface area contributed by atoms with Crippen LogP contribution >= 0.6 is 0 Å². The Kier molecular flexibility index (Phi) is 8.37. The topological polar surface area (TPSA) is 33.4 Å². The molecule has 3 heterocycles. The number of aliphatic imine (C=N–C) groups is 1. The number of rotatable bonds is 4. The fourth-order valence-corrected chi connectivity index (χ4v) is 8.06. The van der Waals surface area contributed by atoms with Crippen LogP contribution in [0.5, 0.6) is 0 Å². The number of fused-ring (bicyclic) bond motifs is 3. The average molecular weight is 790 g/mol. The molecule has 4 nitrogen and oxygen atoms in total. The predicted octanol–water partition coefficient (Wildman–Crippen LogP) is 10.0. The third-order valence-corrected chi connectivity index (χ3v) is 11.0. The fraction of sp³-hybridized carbons (Fsp3) is 0.415. The quantitative estimate of drug-likeness (QED) is 0.170. The van der Waals surface area contributed by atoms with Crippen LogP contribution in [-0.2, 0) is 21.1 Å². The summed E-state index contributed by atoms with van der Waals surface area (Å²) in [6.45, 7) is 18.6. The molecule has 5 heteroatoms. The molecule has 1 fully saturated rings. The Bertz CT molecular complexity index is 1950. The Morgan fingerprint density at radius 3 is 2.26 bits per heavy atom. The van der Waals surface area contributed by atoms with Gasteiger partial charge in [-0.2, -0.15) is 0 Å². The first-order valence-electron chi connectivity index (χ1n) is 16.7. The Hall–Kier alpha value is -3.23. The monoisotopic (exact) mass is 789 g/mol. The molecule has 5 aromatic rings. The molecule has 1 atom stereocenters. The van der Waals surface area contributed by atoms with Gasteiger partial charge in [0.2, 0.25) is 0 Å². The maximum Gasteiger partial charge on any atom is 2.00 e. The van der Waals surface area contributed by atoms with Crippen LogP contribution in [0.15, 0.2) is 71.9 Å². The van der Waals surface area contributed by atoms with Crippen LogP contribution in [0.25, 0.3) is 38.8 Å².